The van der Waals surface area contributed by atoms with E-state index in [9.17, 15) is 0 Å². The van der Waals surface area contributed by atoms with Crippen molar-refractivity contribution in [2.24, 2.45) is 0 Å². The summed E-state index contributed by atoms with van der Waals surface area (Å²) in [6.07, 6.45) is 4.77. The van der Waals surface area contributed by atoms with Crippen LogP contribution in [0.4, 0.5) is 0 Å². The van der Waals surface area contributed by atoms with Crippen molar-refractivity contribution in [2.45, 2.75) is 20.3 Å². The fourth-order valence-electron chi connectivity index (χ4n) is 0.884. The Morgan fingerprint density at radius 3 is 2.90 bits per heavy atom. The Morgan fingerprint density at radius 1 is 1.50 bits per heavy atom. The second-order valence-electron chi connectivity index (χ2n) is 2.05. The van der Waals surface area contributed by atoms with Crippen LogP contribution in [0.1, 0.15) is 20.3 Å². The first-order chi connectivity index (χ1) is 4.88. The van der Waals surface area contributed by atoms with Crippen molar-refractivity contribution in [1.82, 2.24) is 0 Å². The van der Waals surface area contributed by atoms with Gasteiger partial charge in [0.15, 0.2) is 5.76 Å². The molecule has 0 spiro atoms. The lowest BCUT2D eigenvalue weighted by Crippen LogP contribution is -1.81. The lowest BCUT2D eigenvalue weighted by atomic mass is 10.3. The van der Waals surface area contributed by atoms with E-state index in [1.807, 2.05) is 26.0 Å². The Kier molecular flexibility index (Phi) is 2.37. The van der Waals surface area contributed by atoms with Gasteiger partial charge in [0, 0.05) is 6.42 Å². The highest BCUT2D eigenvalue weighted by Gasteiger charge is 2.11. The van der Waals surface area contributed by atoms with E-state index in [0.717, 1.165) is 17.9 Å². The molecule has 10 heavy (non-hydrogen) atoms. The Balaban J connectivity index is 2.68. The molecule has 2 nitrogen and oxygen atoms in total. The zero-order valence-corrected chi connectivity index (χ0v) is 6.39. The largest absolute Gasteiger partial charge is 0.458 e. The van der Waals surface area contributed by atoms with Crippen molar-refractivity contribution in [1.29, 1.82) is 0 Å². The summed E-state index contributed by atoms with van der Waals surface area (Å²) in [5.74, 6) is 1.84. The van der Waals surface area contributed by atoms with Crippen molar-refractivity contribution in [2.75, 3.05) is 6.79 Å². The molecular formula is C8H12O2. The molecule has 0 aromatic carbocycles. The summed E-state index contributed by atoms with van der Waals surface area (Å²) in [6, 6.07) is 0. The molecule has 0 fully saturated rings. The predicted molar refractivity (Wildman–Crippen MR) is 39.2 cm³/mol. The van der Waals surface area contributed by atoms with Crippen molar-refractivity contribution in [3.05, 3.63) is 23.7 Å². The van der Waals surface area contributed by atoms with Crippen LogP contribution in [0, 0.1) is 0 Å². The van der Waals surface area contributed by atoms with E-state index in [2.05, 4.69) is 0 Å². The van der Waals surface area contributed by atoms with Gasteiger partial charge in [-0.05, 0) is 13.0 Å². The fourth-order valence-corrected chi connectivity index (χ4v) is 0.884. The summed E-state index contributed by atoms with van der Waals surface area (Å²) in [7, 11) is 0. The van der Waals surface area contributed by atoms with Crippen LogP contribution in [0.3, 0.4) is 0 Å². The molecule has 0 N–H and O–H groups in total. The van der Waals surface area contributed by atoms with Crippen LogP contribution in [0.5, 0.6) is 0 Å². The SMILES string of the molecule is C/C=C\C1=C(CC)OCO1. The number of hydrogen-bond donors (Lipinski definition) is 0. The summed E-state index contributed by atoms with van der Waals surface area (Å²) in [4.78, 5) is 0. The minimum atomic E-state index is 0.378. The lowest BCUT2D eigenvalue weighted by Gasteiger charge is -1.93. The first-order valence-electron chi connectivity index (χ1n) is 3.50. The third-order valence-corrected chi connectivity index (χ3v) is 1.36. The lowest BCUT2D eigenvalue weighted by molar-refractivity contribution is 0.0726. The zero-order valence-electron chi connectivity index (χ0n) is 6.39. The first kappa shape index (κ1) is 7.19. The number of rotatable bonds is 2. The molecule has 1 heterocycles. The second kappa shape index (κ2) is 3.30. The highest BCUT2D eigenvalue weighted by molar-refractivity contribution is 5.17. The van der Waals surface area contributed by atoms with E-state index in [1.54, 1.807) is 0 Å². The average molecular weight is 140 g/mol. The van der Waals surface area contributed by atoms with Crippen molar-refractivity contribution in [3.8, 4) is 0 Å². The maximum absolute atomic E-state index is 5.17. The first-order valence-corrected chi connectivity index (χ1v) is 3.50. The Bertz CT molecular complexity index is 168. The topological polar surface area (TPSA) is 18.5 Å². The van der Waals surface area contributed by atoms with E-state index in [-0.39, 0.29) is 0 Å². The van der Waals surface area contributed by atoms with Crippen molar-refractivity contribution >= 4 is 0 Å². The third-order valence-electron chi connectivity index (χ3n) is 1.36. The van der Waals surface area contributed by atoms with Crippen molar-refractivity contribution < 1.29 is 9.47 Å². The van der Waals surface area contributed by atoms with Crippen LogP contribution >= 0.6 is 0 Å². The molecule has 0 aromatic rings. The van der Waals surface area contributed by atoms with E-state index in [0.29, 0.717) is 6.79 Å². The van der Waals surface area contributed by atoms with Gasteiger partial charge in [0.2, 0.25) is 6.79 Å². The summed E-state index contributed by atoms with van der Waals surface area (Å²) in [5, 5.41) is 0. The maximum Gasteiger partial charge on any atom is 0.230 e. The number of allylic oxidation sites excluding steroid dienone is 3. The average Bonchev–Trinajstić information content (AvgIpc) is 2.36. The van der Waals surface area contributed by atoms with Gasteiger partial charge in [0.1, 0.15) is 5.76 Å². The summed E-state index contributed by atoms with van der Waals surface area (Å²) >= 11 is 0. The van der Waals surface area contributed by atoms with Crippen LogP contribution in [-0.4, -0.2) is 6.79 Å². The summed E-state index contributed by atoms with van der Waals surface area (Å²) < 4.78 is 10.3. The van der Waals surface area contributed by atoms with Gasteiger partial charge >= 0.3 is 0 Å². The molecule has 0 unspecified atom stereocenters. The zero-order chi connectivity index (χ0) is 7.40. The fraction of sp³-hybridized carbons (Fsp3) is 0.500. The molecule has 0 saturated heterocycles. The Labute approximate surface area is 61.1 Å². The second-order valence-corrected chi connectivity index (χ2v) is 2.05. The molecule has 0 aromatic heterocycles. The van der Waals surface area contributed by atoms with Crippen LogP contribution in [-0.2, 0) is 9.47 Å². The number of hydrogen-bond acceptors (Lipinski definition) is 2. The molecule has 1 aliphatic rings. The van der Waals surface area contributed by atoms with Crippen LogP contribution < -0.4 is 0 Å². The van der Waals surface area contributed by atoms with E-state index in [1.165, 1.54) is 0 Å². The maximum atomic E-state index is 5.17. The molecule has 0 saturated carbocycles. The molecule has 1 aliphatic heterocycles. The molecule has 1 rings (SSSR count). The van der Waals surface area contributed by atoms with E-state index in [4.69, 9.17) is 9.47 Å². The van der Waals surface area contributed by atoms with Gasteiger partial charge in [-0.15, -0.1) is 0 Å². The molecule has 0 atom stereocenters. The quantitative estimate of drug-likeness (QED) is 0.585. The Hall–Kier alpha value is -0.920. The van der Waals surface area contributed by atoms with Gasteiger partial charge in [-0.25, -0.2) is 0 Å². The minimum Gasteiger partial charge on any atom is -0.458 e. The van der Waals surface area contributed by atoms with E-state index >= 15 is 0 Å². The molecule has 0 amide bonds. The summed E-state index contributed by atoms with van der Waals surface area (Å²) in [6.45, 7) is 4.39. The van der Waals surface area contributed by atoms with Crippen LogP contribution in [0.15, 0.2) is 23.7 Å². The molecular weight excluding hydrogens is 128 g/mol. The molecule has 0 aliphatic carbocycles. The molecule has 56 valence electrons. The summed E-state index contributed by atoms with van der Waals surface area (Å²) in [5.41, 5.74) is 0. The Morgan fingerprint density at radius 2 is 2.30 bits per heavy atom. The van der Waals surface area contributed by atoms with Gasteiger partial charge in [-0.2, -0.15) is 0 Å². The normalized spacial score (nSPS) is 17.8. The highest BCUT2D eigenvalue weighted by Crippen LogP contribution is 2.19. The monoisotopic (exact) mass is 140 g/mol. The number of ether oxygens (including phenoxy) is 2. The minimum absolute atomic E-state index is 0.378. The molecule has 0 radical (unpaired) electrons. The van der Waals surface area contributed by atoms with Gasteiger partial charge in [-0.3, -0.25) is 0 Å². The van der Waals surface area contributed by atoms with Gasteiger partial charge in [-0.1, -0.05) is 13.0 Å². The molecule has 0 bridgehead atoms. The smallest absolute Gasteiger partial charge is 0.230 e. The standard InChI is InChI=1S/C8H12O2/c1-3-5-8-7(4-2)9-6-10-8/h3,5H,4,6H2,1-2H3/b5-3-. The van der Waals surface area contributed by atoms with Crippen molar-refractivity contribution in [3.63, 3.8) is 0 Å². The van der Waals surface area contributed by atoms with Crippen LogP contribution in [0.25, 0.3) is 0 Å². The van der Waals surface area contributed by atoms with Crippen LogP contribution in [0.2, 0.25) is 0 Å². The van der Waals surface area contributed by atoms with Gasteiger partial charge in [0.25, 0.3) is 0 Å². The van der Waals surface area contributed by atoms with Gasteiger partial charge in [0.05, 0.1) is 0 Å². The third kappa shape index (κ3) is 1.32. The van der Waals surface area contributed by atoms with Gasteiger partial charge < -0.3 is 9.47 Å². The predicted octanol–water partition coefficient (Wildman–Crippen LogP) is 2.19. The molecule has 2 heteroatoms. The van der Waals surface area contributed by atoms with E-state index < -0.39 is 0 Å². The highest BCUT2D eigenvalue weighted by atomic mass is 16.7.